The van der Waals surface area contributed by atoms with E-state index in [9.17, 15) is 9.18 Å². The summed E-state index contributed by atoms with van der Waals surface area (Å²) in [5.41, 5.74) is 1.30. The van der Waals surface area contributed by atoms with Crippen LogP contribution in [0.25, 0.3) is 0 Å². The van der Waals surface area contributed by atoms with Gasteiger partial charge in [0.05, 0.1) is 17.8 Å². The maximum absolute atomic E-state index is 13.4. The van der Waals surface area contributed by atoms with Gasteiger partial charge in [0.2, 0.25) is 0 Å². The van der Waals surface area contributed by atoms with Gasteiger partial charge < -0.3 is 19.7 Å². The minimum Gasteiger partial charge on any atom is -0.381 e. The highest BCUT2D eigenvalue weighted by Crippen LogP contribution is 2.34. The third kappa shape index (κ3) is 5.05. The first-order valence-electron chi connectivity index (χ1n) is 10.9. The van der Waals surface area contributed by atoms with Gasteiger partial charge in [-0.15, -0.1) is 0 Å². The molecule has 0 unspecified atom stereocenters. The molecule has 1 aromatic heterocycles. The smallest absolute Gasteiger partial charge is 0.252 e. The van der Waals surface area contributed by atoms with Gasteiger partial charge in [-0.3, -0.25) is 4.79 Å². The summed E-state index contributed by atoms with van der Waals surface area (Å²) >= 11 is 0. The topological polar surface area (TPSA) is 63.7 Å². The fraction of sp³-hybridized carbons (Fsp3) is 0.500. The van der Waals surface area contributed by atoms with Crippen LogP contribution in [-0.2, 0) is 14.9 Å². The van der Waals surface area contributed by atoms with Gasteiger partial charge in [-0.1, -0.05) is 12.1 Å². The van der Waals surface area contributed by atoms with Crippen molar-refractivity contribution in [3.8, 4) is 0 Å². The Balaban J connectivity index is 1.43. The van der Waals surface area contributed by atoms with Crippen molar-refractivity contribution in [1.82, 2.24) is 10.3 Å². The minimum atomic E-state index is -0.259. The molecule has 1 aromatic carbocycles. The van der Waals surface area contributed by atoms with Crippen molar-refractivity contribution in [2.24, 2.45) is 0 Å². The maximum Gasteiger partial charge on any atom is 0.252 e. The van der Waals surface area contributed by atoms with Crippen LogP contribution in [0.1, 0.15) is 42.6 Å². The van der Waals surface area contributed by atoms with E-state index in [0.29, 0.717) is 25.3 Å². The Morgan fingerprint density at radius 1 is 1.13 bits per heavy atom. The highest BCUT2D eigenvalue weighted by Gasteiger charge is 2.35. The van der Waals surface area contributed by atoms with Gasteiger partial charge in [-0.05, 0) is 56.5 Å². The van der Waals surface area contributed by atoms with E-state index in [2.05, 4.69) is 29.0 Å². The van der Waals surface area contributed by atoms with Crippen LogP contribution < -0.4 is 10.2 Å². The van der Waals surface area contributed by atoms with E-state index in [4.69, 9.17) is 9.47 Å². The van der Waals surface area contributed by atoms with Crippen LogP contribution >= 0.6 is 0 Å². The summed E-state index contributed by atoms with van der Waals surface area (Å²) < 4.78 is 24.7. The van der Waals surface area contributed by atoms with E-state index in [1.807, 2.05) is 24.3 Å². The summed E-state index contributed by atoms with van der Waals surface area (Å²) in [6.07, 6.45) is 3.49. The Hall–Kier alpha value is -2.51. The molecule has 0 spiro atoms. The second kappa shape index (κ2) is 9.32. The van der Waals surface area contributed by atoms with Gasteiger partial charge >= 0.3 is 0 Å². The number of anilines is 1. The predicted octanol–water partition coefficient (Wildman–Crippen LogP) is 3.31. The molecule has 4 rings (SSSR count). The normalized spacial score (nSPS) is 23.4. The van der Waals surface area contributed by atoms with Gasteiger partial charge in [0.15, 0.2) is 0 Å². The monoisotopic (exact) mass is 427 g/mol. The number of hydrogen-bond acceptors (Lipinski definition) is 5. The SMILES string of the molecule is C[C@H]1CN(c2ccc(C(=O)NCC3(c4ccc(F)cc4)CCOCC3)cn2)C[C@H](C)O1. The summed E-state index contributed by atoms with van der Waals surface area (Å²) in [5.74, 6) is 0.437. The molecule has 166 valence electrons. The van der Waals surface area contributed by atoms with Gasteiger partial charge in [0, 0.05) is 44.5 Å². The lowest BCUT2D eigenvalue weighted by Gasteiger charge is -2.38. The first-order chi connectivity index (χ1) is 14.9. The molecule has 1 amide bonds. The second-order valence-electron chi connectivity index (χ2n) is 8.65. The van der Waals surface area contributed by atoms with Crippen LogP contribution in [0, 0.1) is 5.82 Å². The number of pyridine rings is 1. The van der Waals surface area contributed by atoms with E-state index >= 15 is 0 Å². The molecule has 2 aliphatic heterocycles. The highest BCUT2D eigenvalue weighted by molar-refractivity contribution is 5.94. The van der Waals surface area contributed by atoms with Crippen LogP contribution in [0.2, 0.25) is 0 Å². The molecule has 0 aliphatic carbocycles. The number of morpholine rings is 1. The van der Waals surface area contributed by atoms with Gasteiger partial charge in [0.25, 0.3) is 5.91 Å². The number of aromatic nitrogens is 1. The number of halogens is 1. The molecule has 2 saturated heterocycles. The van der Waals surface area contributed by atoms with Gasteiger partial charge in [0.1, 0.15) is 11.6 Å². The zero-order valence-corrected chi connectivity index (χ0v) is 18.1. The van der Waals surface area contributed by atoms with Crippen LogP contribution in [0.5, 0.6) is 0 Å². The largest absolute Gasteiger partial charge is 0.381 e. The van der Waals surface area contributed by atoms with E-state index in [1.165, 1.54) is 12.1 Å². The lowest BCUT2D eigenvalue weighted by Crippen LogP contribution is -2.46. The van der Waals surface area contributed by atoms with Crippen LogP contribution in [0.3, 0.4) is 0 Å². The number of carbonyl (C=O) groups excluding carboxylic acids is 1. The molecule has 0 saturated carbocycles. The minimum absolute atomic E-state index is 0.149. The number of ether oxygens (including phenoxy) is 2. The molecular formula is C24H30FN3O3. The van der Waals surface area contributed by atoms with Crippen LogP contribution in [0.4, 0.5) is 10.2 Å². The molecular weight excluding hydrogens is 397 g/mol. The molecule has 0 bridgehead atoms. The molecule has 2 fully saturated rings. The van der Waals surface area contributed by atoms with Crippen molar-refractivity contribution in [3.63, 3.8) is 0 Å². The number of carbonyl (C=O) groups is 1. The highest BCUT2D eigenvalue weighted by atomic mass is 19.1. The van der Waals surface area contributed by atoms with Gasteiger partial charge in [-0.2, -0.15) is 0 Å². The molecule has 0 radical (unpaired) electrons. The number of nitrogens with one attached hydrogen (secondary N) is 1. The summed E-state index contributed by atoms with van der Waals surface area (Å²) in [4.78, 5) is 19.5. The fourth-order valence-electron chi connectivity index (χ4n) is 4.56. The average molecular weight is 428 g/mol. The third-order valence-corrected chi connectivity index (χ3v) is 6.25. The first kappa shape index (κ1) is 21.7. The van der Waals surface area contributed by atoms with Crippen LogP contribution in [-0.4, -0.2) is 55.9 Å². The van der Waals surface area contributed by atoms with Crippen molar-refractivity contribution in [2.45, 2.75) is 44.3 Å². The number of benzene rings is 1. The molecule has 1 N–H and O–H groups in total. The summed E-state index contributed by atoms with van der Waals surface area (Å²) in [5, 5.41) is 3.07. The molecule has 2 aromatic rings. The lowest BCUT2D eigenvalue weighted by atomic mass is 9.74. The second-order valence-corrected chi connectivity index (χ2v) is 8.65. The Labute approximate surface area is 182 Å². The number of hydrogen-bond donors (Lipinski definition) is 1. The van der Waals surface area contributed by atoms with Crippen LogP contribution in [0.15, 0.2) is 42.6 Å². The fourth-order valence-corrected chi connectivity index (χ4v) is 4.56. The summed E-state index contributed by atoms with van der Waals surface area (Å²) in [7, 11) is 0. The Bertz CT molecular complexity index is 872. The molecule has 3 heterocycles. The quantitative estimate of drug-likeness (QED) is 0.793. The zero-order valence-electron chi connectivity index (χ0n) is 18.1. The number of rotatable bonds is 5. The zero-order chi connectivity index (χ0) is 21.8. The standard InChI is InChI=1S/C24H30FN3O3/c1-17-14-28(15-18(2)31-17)22-8-3-19(13-26-22)23(29)27-16-24(9-11-30-12-10-24)20-4-6-21(25)7-5-20/h3-8,13,17-18H,9-12,14-16H2,1-2H3,(H,27,29)/t17-,18-/m0/s1. The Morgan fingerprint density at radius 3 is 2.42 bits per heavy atom. The van der Waals surface area contributed by atoms with E-state index in [-0.39, 0.29) is 29.3 Å². The van der Waals surface area contributed by atoms with Gasteiger partial charge in [-0.25, -0.2) is 9.37 Å². The molecule has 31 heavy (non-hydrogen) atoms. The maximum atomic E-state index is 13.4. The average Bonchev–Trinajstić information content (AvgIpc) is 2.78. The molecule has 2 atom stereocenters. The van der Waals surface area contributed by atoms with Crippen molar-refractivity contribution < 1.29 is 18.7 Å². The summed E-state index contributed by atoms with van der Waals surface area (Å²) in [6, 6.07) is 10.3. The lowest BCUT2D eigenvalue weighted by molar-refractivity contribution is -0.00546. The molecule has 6 nitrogen and oxygen atoms in total. The number of amides is 1. The third-order valence-electron chi connectivity index (χ3n) is 6.25. The predicted molar refractivity (Wildman–Crippen MR) is 117 cm³/mol. The van der Waals surface area contributed by atoms with Crippen molar-refractivity contribution in [2.75, 3.05) is 37.7 Å². The van der Waals surface area contributed by atoms with Crippen molar-refractivity contribution >= 4 is 11.7 Å². The van der Waals surface area contributed by atoms with Crippen molar-refractivity contribution in [3.05, 3.63) is 59.5 Å². The molecule has 7 heteroatoms. The molecule has 2 aliphatic rings. The van der Waals surface area contributed by atoms with E-state index < -0.39 is 0 Å². The van der Waals surface area contributed by atoms with Crippen molar-refractivity contribution in [1.29, 1.82) is 0 Å². The first-order valence-corrected chi connectivity index (χ1v) is 10.9. The summed E-state index contributed by atoms with van der Waals surface area (Å²) in [6.45, 7) is 7.40. The Kier molecular flexibility index (Phi) is 6.53. The Morgan fingerprint density at radius 2 is 1.81 bits per heavy atom. The van der Waals surface area contributed by atoms with E-state index in [1.54, 1.807) is 6.20 Å². The van der Waals surface area contributed by atoms with E-state index in [0.717, 1.165) is 37.3 Å². The number of nitrogens with zero attached hydrogens (tertiary/aromatic N) is 2.